The minimum atomic E-state index is -1.58. The van der Waals surface area contributed by atoms with Crippen LogP contribution in [0.25, 0.3) is 0 Å². The van der Waals surface area contributed by atoms with Gasteiger partial charge in [0, 0.05) is 0 Å². The standard InChI is InChI=1S/C14H25N3O8/c1-7(19)10(11(21)16-8(6-18)12(22)23)17-9(20)5-15-13(24)25-14(2,3)4/h7-8,10,18-19H,5-6H2,1-4H3,(H,15,24)(H,16,21)(H,17,20)(H,22,23)/t7?,8-,10-/m0/s1. The van der Waals surface area contributed by atoms with Crippen molar-refractivity contribution in [2.45, 2.75) is 51.5 Å². The van der Waals surface area contributed by atoms with E-state index in [1.807, 2.05) is 5.32 Å². The number of rotatable bonds is 8. The van der Waals surface area contributed by atoms with Gasteiger partial charge in [0.2, 0.25) is 11.8 Å². The predicted octanol–water partition coefficient (Wildman–Crippen LogP) is -2.06. The molecule has 0 aliphatic rings. The number of hydrogen-bond acceptors (Lipinski definition) is 7. The normalized spacial score (nSPS) is 14.6. The summed E-state index contributed by atoms with van der Waals surface area (Å²) in [6.07, 6.45) is -2.19. The van der Waals surface area contributed by atoms with Crippen LogP contribution in [0, 0.1) is 0 Å². The van der Waals surface area contributed by atoms with Gasteiger partial charge in [0.05, 0.1) is 12.7 Å². The van der Waals surface area contributed by atoms with Crippen molar-refractivity contribution >= 4 is 23.9 Å². The fourth-order valence-corrected chi connectivity index (χ4v) is 1.54. The third kappa shape index (κ3) is 9.47. The van der Waals surface area contributed by atoms with Gasteiger partial charge < -0.3 is 36.0 Å². The summed E-state index contributed by atoms with van der Waals surface area (Å²) in [6, 6.07) is -3.05. The van der Waals surface area contributed by atoms with Crippen LogP contribution in [0.15, 0.2) is 0 Å². The van der Waals surface area contributed by atoms with Gasteiger partial charge in [-0.1, -0.05) is 0 Å². The number of aliphatic hydroxyl groups is 2. The smallest absolute Gasteiger partial charge is 0.408 e. The van der Waals surface area contributed by atoms with Gasteiger partial charge in [-0.25, -0.2) is 9.59 Å². The molecule has 0 spiro atoms. The van der Waals surface area contributed by atoms with Gasteiger partial charge in [-0.3, -0.25) is 9.59 Å². The lowest BCUT2D eigenvalue weighted by atomic mass is 10.1. The van der Waals surface area contributed by atoms with E-state index in [0.29, 0.717) is 0 Å². The first-order chi connectivity index (χ1) is 11.4. The highest BCUT2D eigenvalue weighted by atomic mass is 16.6. The van der Waals surface area contributed by atoms with E-state index >= 15 is 0 Å². The predicted molar refractivity (Wildman–Crippen MR) is 84.5 cm³/mol. The maximum absolute atomic E-state index is 11.9. The van der Waals surface area contributed by atoms with Crippen LogP contribution in [-0.4, -0.2) is 76.1 Å². The maximum Gasteiger partial charge on any atom is 0.408 e. The lowest BCUT2D eigenvalue weighted by Crippen LogP contribution is -2.57. The van der Waals surface area contributed by atoms with E-state index in [1.165, 1.54) is 6.92 Å². The number of alkyl carbamates (subject to hydrolysis) is 1. The molecule has 0 radical (unpaired) electrons. The summed E-state index contributed by atoms with van der Waals surface area (Å²) in [7, 11) is 0. The molecule has 25 heavy (non-hydrogen) atoms. The number of carboxylic acid groups (broad SMARTS) is 1. The van der Waals surface area contributed by atoms with Crippen molar-refractivity contribution in [3.05, 3.63) is 0 Å². The van der Waals surface area contributed by atoms with Gasteiger partial charge in [-0.2, -0.15) is 0 Å². The third-order valence-electron chi connectivity index (χ3n) is 2.67. The largest absolute Gasteiger partial charge is 0.480 e. The number of amides is 3. The average Bonchev–Trinajstić information content (AvgIpc) is 2.45. The van der Waals surface area contributed by atoms with Crippen molar-refractivity contribution in [1.29, 1.82) is 0 Å². The summed E-state index contributed by atoms with van der Waals surface area (Å²) in [5.74, 6) is -3.28. The molecule has 0 saturated carbocycles. The van der Waals surface area contributed by atoms with Gasteiger partial charge in [0.1, 0.15) is 24.2 Å². The van der Waals surface area contributed by atoms with Crippen LogP contribution in [0.1, 0.15) is 27.7 Å². The number of ether oxygens (including phenoxy) is 1. The molecular weight excluding hydrogens is 338 g/mol. The number of aliphatic hydroxyl groups excluding tert-OH is 2. The molecule has 0 aliphatic heterocycles. The third-order valence-corrected chi connectivity index (χ3v) is 2.67. The van der Waals surface area contributed by atoms with Crippen LogP contribution in [-0.2, 0) is 19.1 Å². The van der Waals surface area contributed by atoms with E-state index in [9.17, 15) is 24.3 Å². The summed E-state index contributed by atoms with van der Waals surface area (Å²) >= 11 is 0. The highest BCUT2D eigenvalue weighted by Crippen LogP contribution is 2.06. The van der Waals surface area contributed by atoms with E-state index in [-0.39, 0.29) is 0 Å². The summed E-state index contributed by atoms with van der Waals surface area (Å²) in [5.41, 5.74) is -0.751. The molecule has 1 unspecified atom stereocenters. The fourth-order valence-electron chi connectivity index (χ4n) is 1.54. The van der Waals surface area contributed by atoms with Crippen LogP contribution >= 0.6 is 0 Å². The number of carbonyl (C=O) groups is 4. The average molecular weight is 363 g/mol. The van der Waals surface area contributed by atoms with E-state index < -0.39 is 60.8 Å². The first-order valence-corrected chi connectivity index (χ1v) is 7.45. The summed E-state index contributed by atoms with van der Waals surface area (Å²) in [6.45, 7) is 4.75. The van der Waals surface area contributed by atoms with Crippen molar-refractivity contribution in [2.75, 3.05) is 13.2 Å². The molecule has 0 aliphatic carbocycles. The topological polar surface area (TPSA) is 174 Å². The summed E-state index contributed by atoms with van der Waals surface area (Å²) in [4.78, 5) is 46.0. The van der Waals surface area contributed by atoms with E-state index in [1.54, 1.807) is 20.8 Å². The Bertz CT molecular complexity index is 501. The molecule has 144 valence electrons. The Kier molecular flexibility index (Phi) is 8.85. The van der Waals surface area contributed by atoms with Gasteiger partial charge >= 0.3 is 12.1 Å². The molecule has 11 nitrogen and oxygen atoms in total. The van der Waals surface area contributed by atoms with Gasteiger partial charge in [-0.15, -0.1) is 0 Å². The lowest BCUT2D eigenvalue weighted by molar-refractivity contribution is -0.144. The zero-order valence-electron chi connectivity index (χ0n) is 14.5. The van der Waals surface area contributed by atoms with Crippen LogP contribution in [0.5, 0.6) is 0 Å². The van der Waals surface area contributed by atoms with Gasteiger partial charge in [-0.05, 0) is 27.7 Å². The molecule has 0 fully saturated rings. The molecule has 0 aromatic heterocycles. The van der Waals surface area contributed by atoms with Gasteiger partial charge in [0.15, 0.2) is 0 Å². The van der Waals surface area contributed by atoms with Crippen molar-refractivity contribution in [3.8, 4) is 0 Å². The van der Waals surface area contributed by atoms with E-state index in [4.69, 9.17) is 14.9 Å². The first-order valence-electron chi connectivity index (χ1n) is 7.45. The molecule has 3 atom stereocenters. The van der Waals surface area contributed by atoms with E-state index in [2.05, 4.69) is 10.6 Å². The highest BCUT2D eigenvalue weighted by Gasteiger charge is 2.29. The number of carboxylic acids is 1. The zero-order valence-corrected chi connectivity index (χ0v) is 14.5. The van der Waals surface area contributed by atoms with Crippen molar-refractivity contribution in [3.63, 3.8) is 0 Å². The molecule has 0 rings (SSSR count). The van der Waals surface area contributed by atoms with Crippen molar-refractivity contribution in [2.24, 2.45) is 0 Å². The number of carbonyl (C=O) groups excluding carboxylic acids is 3. The number of hydrogen-bond donors (Lipinski definition) is 6. The minimum absolute atomic E-state index is 0.520. The highest BCUT2D eigenvalue weighted by molar-refractivity contribution is 5.91. The fraction of sp³-hybridized carbons (Fsp3) is 0.714. The summed E-state index contributed by atoms with van der Waals surface area (Å²) < 4.78 is 4.93. The molecule has 0 aromatic rings. The molecule has 0 bridgehead atoms. The molecule has 0 heterocycles. The second-order valence-electron chi connectivity index (χ2n) is 6.22. The quantitative estimate of drug-likeness (QED) is 0.285. The Labute approximate surface area is 144 Å². The zero-order chi connectivity index (χ0) is 19.8. The number of nitrogens with one attached hydrogen (secondary N) is 3. The van der Waals surface area contributed by atoms with Crippen LogP contribution in [0.4, 0.5) is 4.79 Å². The minimum Gasteiger partial charge on any atom is -0.480 e. The molecule has 0 aromatic carbocycles. The molecule has 11 heteroatoms. The Morgan fingerprint density at radius 2 is 1.68 bits per heavy atom. The second kappa shape index (κ2) is 9.79. The maximum atomic E-state index is 11.9. The first kappa shape index (κ1) is 22.6. The lowest BCUT2D eigenvalue weighted by Gasteiger charge is -2.23. The monoisotopic (exact) mass is 363 g/mol. The molecule has 3 amide bonds. The van der Waals surface area contributed by atoms with Crippen LogP contribution in [0.2, 0.25) is 0 Å². The SMILES string of the molecule is CC(O)[C@H](NC(=O)CNC(=O)OC(C)(C)C)C(=O)N[C@@H](CO)C(=O)O. The Morgan fingerprint density at radius 1 is 1.12 bits per heavy atom. The van der Waals surface area contributed by atoms with Crippen molar-refractivity contribution < 1.29 is 39.2 Å². The Balaban J connectivity index is 4.65. The Morgan fingerprint density at radius 3 is 2.08 bits per heavy atom. The number of aliphatic carboxylic acids is 1. The van der Waals surface area contributed by atoms with Crippen LogP contribution in [0.3, 0.4) is 0 Å². The molecule has 0 saturated heterocycles. The summed E-state index contributed by atoms with van der Waals surface area (Å²) in [5, 5.41) is 33.5. The van der Waals surface area contributed by atoms with Gasteiger partial charge in [0.25, 0.3) is 0 Å². The molecule has 6 N–H and O–H groups in total. The Hall–Kier alpha value is -2.40. The molecular formula is C14H25N3O8. The van der Waals surface area contributed by atoms with Crippen molar-refractivity contribution in [1.82, 2.24) is 16.0 Å². The second-order valence-corrected chi connectivity index (χ2v) is 6.22. The van der Waals surface area contributed by atoms with Crippen LogP contribution < -0.4 is 16.0 Å². The van der Waals surface area contributed by atoms with E-state index in [0.717, 1.165) is 0 Å².